The summed E-state index contributed by atoms with van der Waals surface area (Å²) >= 11 is 0. The van der Waals surface area contributed by atoms with E-state index in [-0.39, 0.29) is 34.4 Å². The first-order valence-corrected chi connectivity index (χ1v) is 8.00. The smallest absolute Gasteiger partial charge is 0.187 e. The van der Waals surface area contributed by atoms with Crippen LogP contribution in [0.2, 0.25) is 0 Å². The number of hydrogen-bond acceptors (Lipinski definition) is 4. The average Bonchev–Trinajstić information content (AvgIpc) is 2.59. The standard InChI is InChI=1S/C20H22N2O2.Co/c1-2-3-10-18(22-14-17-9-5-7-12-20(17)24)15-21-13-16-8-4-6-11-19(16)23;/h2-9,11-14,18,21-22H,10,15H2,1H3;/b3-2+,16-13-,17-14-;. The molecule has 0 aromatic heterocycles. The van der Waals surface area contributed by atoms with E-state index in [0.717, 1.165) is 6.42 Å². The number of carbonyl (C=O) groups excluding carboxylic acids is 2. The summed E-state index contributed by atoms with van der Waals surface area (Å²) in [6.45, 7) is 2.61. The number of nitrogens with one attached hydrogen (secondary N) is 2. The Bertz CT molecular complexity index is 694. The van der Waals surface area contributed by atoms with Gasteiger partial charge in [-0.15, -0.1) is 0 Å². The molecular weight excluding hydrogens is 359 g/mol. The van der Waals surface area contributed by atoms with E-state index in [9.17, 15) is 9.59 Å². The van der Waals surface area contributed by atoms with Crippen molar-refractivity contribution in [2.75, 3.05) is 6.54 Å². The fourth-order valence-electron chi connectivity index (χ4n) is 2.23. The molecule has 0 spiro atoms. The second-order valence-electron chi connectivity index (χ2n) is 5.44. The van der Waals surface area contributed by atoms with Crippen LogP contribution in [0.25, 0.3) is 0 Å². The first-order valence-electron chi connectivity index (χ1n) is 8.00. The van der Waals surface area contributed by atoms with Crippen molar-refractivity contribution >= 4 is 11.6 Å². The molecule has 4 nitrogen and oxygen atoms in total. The Morgan fingerprint density at radius 1 is 0.920 bits per heavy atom. The van der Waals surface area contributed by atoms with Gasteiger partial charge in [-0.25, -0.2) is 0 Å². The van der Waals surface area contributed by atoms with Crippen molar-refractivity contribution in [3.63, 3.8) is 0 Å². The second-order valence-corrected chi connectivity index (χ2v) is 5.44. The van der Waals surface area contributed by atoms with Crippen molar-refractivity contribution in [3.8, 4) is 0 Å². The van der Waals surface area contributed by atoms with Crippen LogP contribution in [0.4, 0.5) is 0 Å². The molecule has 0 aromatic carbocycles. The molecule has 25 heavy (non-hydrogen) atoms. The molecule has 0 saturated heterocycles. The molecule has 1 atom stereocenters. The third kappa shape index (κ3) is 6.95. The molecule has 0 bridgehead atoms. The summed E-state index contributed by atoms with van der Waals surface area (Å²) in [6.07, 6.45) is 22.1. The molecule has 1 unspecified atom stereocenters. The van der Waals surface area contributed by atoms with Crippen LogP contribution in [0, 0.1) is 0 Å². The number of allylic oxidation sites excluding steroid dienone is 11. The van der Waals surface area contributed by atoms with Crippen molar-refractivity contribution in [1.82, 2.24) is 10.6 Å². The van der Waals surface area contributed by atoms with Crippen LogP contribution in [0.15, 0.2) is 84.3 Å². The van der Waals surface area contributed by atoms with Crippen molar-refractivity contribution in [2.45, 2.75) is 19.4 Å². The van der Waals surface area contributed by atoms with Gasteiger partial charge in [0.2, 0.25) is 0 Å². The third-order valence-electron chi connectivity index (χ3n) is 3.59. The maximum absolute atomic E-state index is 11.7. The zero-order valence-corrected chi connectivity index (χ0v) is 15.1. The number of hydrogen-bond donors (Lipinski definition) is 2. The minimum Gasteiger partial charge on any atom is -0.388 e. The van der Waals surface area contributed by atoms with Gasteiger partial charge in [0.05, 0.1) is 0 Å². The minimum absolute atomic E-state index is 0. The molecule has 5 heteroatoms. The second kappa shape index (κ2) is 11.2. The predicted octanol–water partition coefficient (Wildman–Crippen LogP) is 2.66. The average molecular weight is 381 g/mol. The van der Waals surface area contributed by atoms with E-state index in [1.54, 1.807) is 48.9 Å². The minimum atomic E-state index is -0.00501. The normalized spacial score (nSPS) is 20.4. The Balaban J connectivity index is 0.00000312. The van der Waals surface area contributed by atoms with Crippen LogP contribution < -0.4 is 10.6 Å². The van der Waals surface area contributed by atoms with Crippen LogP contribution in [0.1, 0.15) is 13.3 Å². The van der Waals surface area contributed by atoms with Gasteiger partial charge in [-0.1, -0.05) is 36.5 Å². The van der Waals surface area contributed by atoms with Gasteiger partial charge in [0, 0.05) is 52.9 Å². The van der Waals surface area contributed by atoms with E-state index in [1.807, 2.05) is 25.2 Å². The molecule has 0 fully saturated rings. The largest absolute Gasteiger partial charge is 0.388 e. The summed E-state index contributed by atoms with van der Waals surface area (Å²) in [5, 5.41) is 6.46. The van der Waals surface area contributed by atoms with E-state index in [4.69, 9.17) is 0 Å². The Morgan fingerprint density at radius 2 is 1.48 bits per heavy atom. The summed E-state index contributed by atoms with van der Waals surface area (Å²) in [4.78, 5) is 23.4. The number of rotatable bonds is 7. The molecule has 2 N–H and O–H groups in total. The van der Waals surface area contributed by atoms with Crippen LogP contribution in [0.5, 0.6) is 0 Å². The van der Waals surface area contributed by atoms with Gasteiger partial charge in [-0.2, -0.15) is 0 Å². The molecule has 0 amide bonds. The zero-order valence-electron chi connectivity index (χ0n) is 14.1. The van der Waals surface area contributed by atoms with E-state index >= 15 is 0 Å². The molecular formula is C20H22CoN2O2. The fourth-order valence-corrected chi connectivity index (χ4v) is 2.23. The third-order valence-corrected chi connectivity index (χ3v) is 3.59. The maximum atomic E-state index is 11.7. The van der Waals surface area contributed by atoms with Crippen molar-refractivity contribution in [2.24, 2.45) is 0 Å². The van der Waals surface area contributed by atoms with Crippen molar-refractivity contribution < 1.29 is 26.4 Å². The van der Waals surface area contributed by atoms with E-state index in [2.05, 4.69) is 16.7 Å². The summed E-state index contributed by atoms with van der Waals surface area (Å²) in [5.74, 6) is -0.00982. The van der Waals surface area contributed by atoms with Gasteiger partial charge in [-0.05, 0) is 37.6 Å². The van der Waals surface area contributed by atoms with Gasteiger partial charge in [0.15, 0.2) is 11.6 Å². The Kier molecular flexibility index (Phi) is 9.28. The van der Waals surface area contributed by atoms with Crippen molar-refractivity contribution in [1.29, 1.82) is 0 Å². The molecule has 0 saturated carbocycles. The Labute approximate surface area is 159 Å². The molecule has 133 valence electrons. The first kappa shape index (κ1) is 20.7. The quantitative estimate of drug-likeness (QED) is 0.526. The summed E-state index contributed by atoms with van der Waals surface area (Å²) in [6, 6.07) is 0.107. The molecule has 2 aliphatic rings. The summed E-state index contributed by atoms with van der Waals surface area (Å²) < 4.78 is 0. The Hall–Kier alpha value is -2.37. The van der Waals surface area contributed by atoms with E-state index < -0.39 is 0 Å². The number of carbonyl (C=O) groups is 2. The molecule has 0 heterocycles. The van der Waals surface area contributed by atoms with Crippen LogP contribution >= 0.6 is 0 Å². The zero-order chi connectivity index (χ0) is 17.2. The number of ketones is 2. The van der Waals surface area contributed by atoms with Crippen LogP contribution in [0.3, 0.4) is 0 Å². The molecule has 2 aliphatic carbocycles. The maximum Gasteiger partial charge on any atom is 0.187 e. The summed E-state index contributed by atoms with van der Waals surface area (Å²) in [5.41, 5.74) is 1.27. The van der Waals surface area contributed by atoms with Gasteiger partial charge in [-0.3, -0.25) is 9.59 Å². The van der Waals surface area contributed by atoms with Crippen LogP contribution in [-0.4, -0.2) is 24.2 Å². The molecule has 0 aliphatic heterocycles. The van der Waals surface area contributed by atoms with Gasteiger partial charge in [0.25, 0.3) is 0 Å². The van der Waals surface area contributed by atoms with Gasteiger partial charge in [0.1, 0.15) is 0 Å². The Morgan fingerprint density at radius 3 is 2.04 bits per heavy atom. The predicted molar refractivity (Wildman–Crippen MR) is 97.1 cm³/mol. The molecule has 2 rings (SSSR count). The SMILES string of the molecule is C/C=C/CC(CN/C=C1/C=CC=CC1=O)N/C=C1/C=CC=CC1=O.[Co]. The fraction of sp³-hybridized carbons (Fsp3) is 0.200. The summed E-state index contributed by atoms with van der Waals surface area (Å²) in [7, 11) is 0. The van der Waals surface area contributed by atoms with Gasteiger partial charge < -0.3 is 10.6 Å². The first-order chi connectivity index (χ1) is 11.7. The molecule has 0 aromatic rings. The van der Waals surface area contributed by atoms with E-state index in [0.29, 0.717) is 17.7 Å². The van der Waals surface area contributed by atoms with E-state index in [1.165, 1.54) is 0 Å². The monoisotopic (exact) mass is 381 g/mol. The van der Waals surface area contributed by atoms with Crippen LogP contribution in [-0.2, 0) is 26.4 Å². The van der Waals surface area contributed by atoms with Gasteiger partial charge >= 0.3 is 0 Å². The van der Waals surface area contributed by atoms with Crippen molar-refractivity contribution in [3.05, 3.63) is 84.3 Å². The molecule has 1 radical (unpaired) electrons. The topological polar surface area (TPSA) is 58.2 Å².